The number of ether oxygens (including phenoxy) is 6. The van der Waals surface area contributed by atoms with Crippen molar-refractivity contribution in [3.8, 4) is 23.0 Å². The van der Waals surface area contributed by atoms with E-state index in [0.717, 1.165) is 35.1 Å². The van der Waals surface area contributed by atoms with E-state index >= 15 is 0 Å². The van der Waals surface area contributed by atoms with Crippen molar-refractivity contribution in [2.45, 2.75) is 38.8 Å². The molecule has 1 saturated carbocycles. The van der Waals surface area contributed by atoms with Crippen molar-refractivity contribution in [3.63, 3.8) is 0 Å². The van der Waals surface area contributed by atoms with Crippen LogP contribution in [0, 0.1) is 17.0 Å². The van der Waals surface area contributed by atoms with Crippen LogP contribution in [0.1, 0.15) is 36.0 Å². The van der Waals surface area contributed by atoms with Crippen LogP contribution >= 0.6 is 34.8 Å². The molecule has 3 aromatic rings. The molecule has 54 heavy (non-hydrogen) atoms. The second-order valence-corrected chi connectivity index (χ2v) is 13.9. The molecule has 14 nitrogen and oxygen atoms in total. The van der Waals surface area contributed by atoms with Crippen LogP contribution in [0.3, 0.4) is 0 Å². The maximum atomic E-state index is 14.6. The Kier molecular flexibility index (Phi) is 13.1. The van der Waals surface area contributed by atoms with Gasteiger partial charge in [0.05, 0.1) is 29.8 Å². The van der Waals surface area contributed by atoms with Crippen LogP contribution in [0.5, 0.6) is 23.0 Å². The molecule has 1 fully saturated rings. The molecule has 3 aliphatic rings. The lowest BCUT2D eigenvalue weighted by Crippen LogP contribution is -2.43. The number of rotatable bonds is 17. The summed E-state index contributed by atoms with van der Waals surface area (Å²) in [6.45, 7) is 2.67. The molecule has 17 heteroatoms. The number of benzene rings is 3. The Labute approximate surface area is 326 Å². The van der Waals surface area contributed by atoms with E-state index in [1.807, 2.05) is 31.2 Å². The number of hydrogen-bond donors (Lipinski definition) is 0. The average molecular weight is 807 g/mol. The van der Waals surface area contributed by atoms with Gasteiger partial charge in [0.1, 0.15) is 32.2 Å². The molecule has 2 aliphatic heterocycles. The number of nitrogens with zero attached hydrogens (tertiary/aromatic N) is 3. The third-order valence-electron chi connectivity index (χ3n) is 8.81. The Bertz CT molecular complexity index is 1870. The number of aryl methyl sites for hydroxylation is 1. The van der Waals surface area contributed by atoms with E-state index in [1.54, 1.807) is 29.2 Å². The first-order chi connectivity index (χ1) is 26.1. The maximum absolute atomic E-state index is 14.6. The van der Waals surface area contributed by atoms with E-state index in [2.05, 4.69) is 4.84 Å². The molecule has 0 radical (unpaired) electrons. The molecule has 0 bridgehead atoms. The summed E-state index contributed by atoms with van der Waals surface area (Å²) in [5.41, 5.74) is 3.73. The van der Waals surface area contributed by atoms with Crippen LogP contribution in [0.4, 0.5) is 4.79 Å². The Morgan fingerprint density at radius 2 is 1.59 bits per heavy atom. The van der Waals surface area contributed by atoms with Crippen LogP contribution in [-0.2, 0) is 25.7 Å². The van der Waals surface area contributed by atoms with Crippen LogP contribution < -0.4 is 18.9 Å². The lowest BCUT2D eigenvalue weighted by molar-refractivity contribution is -0.758. The second kappa shape index (κ2) is 18.1. The Balaban J connectivity index is 1.15. The highest BCUT2D eigenvalue weighted by Gasteiger charge is 2.38. The van der Waals surface area contributed by atoms with E-state index in [4.69, 9.17) is 63.2 Å². The molecule has 1 aliphatic carbocycles. The molecule has 2 amide bonds. The maximum Gasteiger partial charge on any atom is 0.410 e. The van der Waals surface area contributed by atoms with Crippen molar-refractivity contribution in [2.24, 2.45) is 0 Å². The minimum atomic E-state index is -0.908. The SMILES string of the molecule is Cc1cc(Cl)c(OCCOc2ccc(C3=C(C(=O)N(Cc4cc5c(cc4Cl)OCO5)C4CC4)CN(C(=O)OCCOCCO[N+](=O)[O-])CC3)cc2)c(Cl)c1. The zero-order valence-corrected chi connectivity index (χ0v) is 31.6. The fourth-order valence-electron chi connectivity index (χ4n) is 6.06. The fraction of sp³-hybridized carbons (Fsp3) is 0.405. The van der Waals surface area contributed by atoms with Gasteiger partial charge in [0.25, 0.3) is 11.0 Å². The molecule has 288 valence electrons. The predicted octanol–water partition coefficient (Wildman–Crippen LogP) is 7.15. The summed E-state index contributed by atoms with van der Waals surface area (Å²) in [4.78, 5) is 45.5. The summed E-state index contributed by atoms with van der Waals surface area (Å²) in [5, 5.41) is 10.7. The van der Waals surface area contributed by atoms with Crippen molar-refractivity contribution in [1.82, 2.24) is 9.80 Å². The van der Waals surface area contributed by atoms with Gasteiger partial charge in [0.15, 0.2) is 17.2 Å². The van der Waals surface area contributed by atoms with Gasteiger partial charge < -0.3 is 43.1 Å². The van der Waals surface area contributed by atoms with Crippen LogP contribution in [-0.4, -0.2) is 92.5 Å². The highest BCUT2D eigenvalue weighted by atomic mass is 35.5. The van der Waals surface area contributed by atoms with E-state index in [-0.39, 0.29) is 71.5 Å². The number of amides is 2. The number of halogens is 3. The highest BCUT2D eigenvalue weighted by molar-refractivity contribution is 6.37. The zero-order chi connectivity index (χ0) is 38.2. The van der Waals surface area contributed by atoms with E-state index < -0.39 is 11.2 Å². The van der Waals surface area contributed by atoms with Gasteiger partial charge in [-0.05, 0) is 78.8 Å². The van der Waals surface area contributed by atoms with Crippen LogP contribution in [0.25, 0.3) is 5.57 Å². The predicted molar refractivity (Wildman–Crippen MR) is 198 cm³/mol. The molecule has 0 unspecified atom stereocenters. The topological polar surface area (TPSA) is 148 Å². The van der Waals surface area contributed by atoms with Gasteiger partial charge in [0, 0.05) is 35.8 Å². The summed E-state index contributed by atoms with van der Waals surface area (Å²) in [6.07, 6.45) is 1.46. The largest absolute Gasteiger partial charge is 0.490 e. The van der Waals surface area contributed by atoms with Gasteiger partial charge in [-0.25, -0.2) is 4.79 Å². The monoisotopic (exact) mass is 805 g/mol. The minimum Gasteiger partial charge on any atom is -0.490 e. The van der Waals surface area contributed by atoms with E-state index in [0.29, 0.717) is 56.6 Å². The lowest BCUT2D eigenvalue weighted by atomic mass is 9.92. The van der Waals surface area contributed by atoms with Crippen molar-refractivity contribution in [3.05, 3.63) is 96.0 Å². The van der Waals surface area contributed by atoms with Gasteiger partial charge in [-0.3, -0.25) is 4.79 Å². The number of fused-ring (bicyclic) bond motifs is 1. The van der Waals surface area contributed by atoms with Crippen LogP contribution in [0.15, 0.2) is 54.1 Å². The summed E-state index contributed by atoms with van der Waals surface area (Å²) < 4.78 is 33.4. The van der Waals surface area contributed by atoms with Crippen LogP contribution in [0.2, 0.25) is 15.1 Å². The summed E-state index contributed by atoms with van der Waals surface area (Å²) in [7, 11) is 0. The third-order valence-corrected chi connectivity index (χ3v) is 9.73. The first-order valence-corrected chi connectivity index (χ1v) is 18.4. The van der Waals surface area contributed by atoms with E-state index in [9.17, 15) is 19.7 Å². The minimum absolute atomic E-state index is 0.00849. The van der Waals surface area contributed by atoms with E-state index in [1.165, 1.54) is 4.90 Å². The molecular weight excluding hydrogens is 769 g/mol. The van der Waals surface area contributed by atoms with Gasteiger partial charge in [0.2, 0.25) is 6.79 Å². The zero-order valence-electron chi connectivity index (χ0n) is 29.4. The number of carbonyl (C=O) groups is 2. The lowest BCUT2D eigenvalue weighted by Gasteiger charge is -2.33. The number of carbonyl (C=O) groups excluding carboxylic acids is 2. The van der Waals surface area contributed by atoms with Gasteiger partial charge >= 0.3 is 6.09 Å². The smallest absolute Gasteiger partial charge is 0.410 e. The highest BCUT2D eigenvalue weighted by Crippen LogP contribution is 2.40. The first kappa shape index (κ1) is 39.1. The normalized spacial score (nSPS) is 14.9. The molecule has 0 saturated heterocycles. The van der Waals surface area contributed by atoms with Crippen molar-refractivity contribution in [2.75, 3.05) is 59.5 Å². The van der Waals surface area contributed by atoms with Crippen molar-refractivity contribution >= 4 is 52.4 Å². The second-order valence-electron chi connectivity index (χ2n) is 12.7. The van der Waals surface area contributed by atoms with Gasteiger partial charge in [-0.2, -0.15) is 0 Å². The average Bonchev–Trinajstić information content (AvgIpc) is 3.89. The van der Waals surface area contributed by atoms with Gasteiger partial charge in [-0.15, -0.1) is 10.1 Å². The molecule has 0 spiro atoms. The standard InChI is InChI=1S/C37H38Cl3N3O11/c1-23-16-31(39)35(32(40)17-23)50-14-13-49-27-6-2-24(3-7-27)28-8-9-41(37(45)51-12-10-48-11-15-54-43(46)47)21-29(28)36(44)42(26-4-5-26)20-25-18-33-34(19-30(25)38)53-22-52-33/h2-3,6-7,16-19,26H,4-5,8-15,20-22H2,1H3. The molecule has 0 atom stereocenters. The molecule has 6 rings (SSSR count). The Hall–Kier alpha value is -4.63. The molecule has 0 N–H and O–H groups in total. The van der Waals surface area contributed by atoms with Gasteiger partial charge in [-0.1, -0.05) is 46.9 Å². The summed E-state index contributed by atoms with van der Waals surface area (Å²) >= 11 is 19.2. The third kappa shape index (κ3) is 10.1. The quantitative estimate of drug-likeness (QED) is 0.0778. The Morgan fingerprint density at radius 1 is 0.907 bits per heavy atom. The molecular formula is C37H38Cl3N3O11. The first-order valence-electron chi connectivity index (χ1n) is 17.3. The Morgan fingerprint density at radius 3 is 2.30 bits per heavy atom. The summed E-state index contributed by atoms with van der Waals surface area (Å²) in [5.74, 6) is 1.91. The molecule has 2 heterocycles. The van der Waals surface area contributed by atoms with Crippen molar-refractivity contribution in [1.29, 1.82) is 0 Å². The molecule has 3 aromatic carbocycles. The molecule has 0 aromatic heterocycles. The summed E-state index contributed by atoms with van der Waals surface area (Å²) in [6, 6.07) is 14.5. The van der Waals surface area contributed by atoms with Crippen molar-refractivity contribution < 1.29 is 47.9 Å². The number of hydrogen-bond acceptors (Lipinski definition) is 11. The fourth-order valence-corrected chi connectivity index (χ4v) is 6.98.